The maximum atomic E-state index is 14.0. The van der Waals surface area contributed by atoms with Crippen molar-refractivity contribution in [2.45, 2.75) is 80.0 Å². The van der Waals surface area contributed by atoms with E-state index >= 15 is 0 Å². The molecule has 0 saturated carbocycles. The minimum absolute atomic E-state index is 0.200. The normalized spacial score (nSPS) is 15.1. The van der Waals surface area contributed by atoms with Crippen molar-refractivity contribution in [2.75, 3.05) is 12.4 Å². The molecule has 1 N–H and O–H groups in total. The first-order valence-electron chi connectivity index (χ1n) is 18.1. The molecule has 0 saturated heterocycles. The zero-order valence-corrected chi connectivity index (χ0v) is 35.6. The van der Waals surface area contributed by atoms with Crippen molar-refractivity contribution in [3.05, 3.63) is 152 Å². The fourth-order valence-corrected chi connectivity index (χ4v) is 18.6. The summed E-state index contributed by atoms with van der Waals surface area (Å²) >= 11 is 3.88. The summed E-state index contributed by atoms with van der Waals surface area (Å²) in [5, 5.41) is 16.3. The molecule has 0 aliphatic carbocycles. The number of halogens is 1. The highest BCUT2D eigenvalue weighted by Crippen LogP contribution is 2.39. The summed E-state index contributed by atoms with van der Waals surface area (Å²) in [7, 11) is -7.21. The zero-order valence-electron chi connectivity index (χ0n) is 31.2. The third kappa shape index (κ3) is 8.87. The summed E-state index contributed by atoms with van der Waals surface area (Å²) in [4.78, 5) is 0.350. The molecule has 0 fully saturated rings. The van der Waals surface area contributed by atoms with Crippen LogP contribution in [0.2, 0.25) is 10.1 Å². The molecular weight excluding hydrogens is 763 g/mol. The molecular formula is C44H53BrO4SSi2. The fourth-order valence-electron chi connectivity index (χ4n) is 7.42. The molecule has 5 rings (SSSR count). The molecule has 5 aromatic carbocycles. The van der Waals surface area contributed by atoms with Crippen LogP contribution in [0.5, 0.6) is 0 Å². The smallest absolute Gasteiger partial charge is 0.261 e. The van der Waals surface area contributed by atoms with Crippen LogP contribution in [-0.2, 0) is 19.7 Å². The Hall–Kier alpha value is -2.96. The number of aliphatic hydroxyl groups excluding tert-OH is 1. The van der Waals surface area contributed by atoms with E-state index in [9.17, 15) is 9.32 Å². The second-order valence-electron chi connectivity index (χ2n) is 15.5. The largest absolute Gasteiger partial charge is 0.406 e. The van der Waals surface area contributed by atoms with Crippen molar-refractivity contribution in [3.8, 4) is 0 Å². The van der Waals surface area contributed by atoms with Gasteiger partial charge in [-0.1, -0.05) is 197 Å². The van der Waals surface area contributed by atoms with Crippen molar-refractivity contribution in [1.29, 1.82) is 0 Å². The molecule has 0 aliphatic rings. The van der Waals surface area contributed by atoms with Crippen LogP contribution in [-0.4, -0.2) is 55.3 Å². The summed E-state index contributed by atoms with van der Waals surface area (Å²) in [6, 6.07) is 51.7. The van der Waals surface area contributed by atoms with Gasteiger partial charge in [-0.05, 0) is 43.0 Å². The molecule has 0 aromatic heterocycles. The molecule has 0 heterocycles. The first kappa shape index (κ1) is 40.2. The molecule has 0 spiro atoms. The Morgan fingerprint density at radius 1 is 0.596 bits per heavy atom. The molecule has 4 nitrogen and oxygen atoms in total. The topological polar surface area (TPSA) is 55.8 Å². The average Bonchev–Trinajstić information content (AvgIpc) is 3.14. The van der Waals surface area contributed by atoms with Gasteiger partial charge in [-0.15, -0.1) is 0 Å². The van der Waals surface area contributed by atoms with E-state index in [0.717, 1.165) is 15.3 Å². The van der Waals surface area contributed by atoms with E-state index in [1.165, 1.54) is 10.4 Å². The van der Waals surface area contributed by atoms with Gasteiger partial charge in [0, 0.05) is 17.9 Å². The van der Waals surface area contributed by atoms with Crippen molar-refractivity contribution in [1.82, 2.24) is 0 Å². The van der Waals surface area contributed by atoms with E-state index in [2.05, 4.69) is 155 Å². The molecule has 274 valence electrons. The lowest BCUT2D eigenvalue weighted by Gasteiger charge is -2.45. The van der Waals surface area contributed by atoms with Gasteiger partial charge in [0.25, 0.3) is 16.6 Å². The summed E-state index contributed by atoms with van der Waals surface area (Å²) in [6.07, 6.45) is -1.08. The van der Waals surface area contributed by atoms with Crippen molar-refractivity contribution in [3.63, 3.8) is 0 Å². The van der Waals surface area contributed by atoms with Crippen LogP contribution in [0.25, 0.3) is 0 Å². The number of rotatable bonds is 15. The highest BCUT2D eigenvalue weighted by Gasteiger charge is 2.53. The van der Waals surface area contributed by atoms with E-state index < -0.39 is 44.5 Å². The second-order valence-corrected chi connectivity index (χ2v) is 26.8. The Bertz CT molecular complexity index is 1750. The van der Waals surface area contributed by atoms with Crippen LogP contribution >= 0.6 is 15.9 Å². The molecule has 0 amide bonds. The molecule has 4 atom stereocenters. The Balaban J connectivity index is 1.51. The van der Waals surface area contributed by atoms with Gasteiger partial charge in [0.1, 0.15) is 0 Å². The molecule has 0 bridgehead atoms. The Kier molecular flexibility index (Phi) is 13.5. The third-order valence-corrected chi connectivity index (χ3v) is 22.3. The fraction of sp³-hybridized carbons (Fsp3) is 0.318. The third-order valence-electron chi connectivity index (χ3n) is 9.90. The lowest BCUT2D eigenvalue weighted by atomic mass is 10.1. The summed E-state index contributed by atoms with van der Waals surface area (Å²) in [6.45, 7) is 13.8. The number of alkyl halides is 1. The molecule has 8 heteroatoms. The van der Waals surface area contributed by atoms with Crippen LogP contribution in [0.3, 0.4) is 0 Å². The second kappa shape index (κ2) is 17.5. The summed E-state index contributed by atoms with van der Waals surface area (Å²) in [5.74, 6) is 0.251. The van der Waals surface area contributed by atoms with Gasteiger partial charge in [-0.2, -0.15) is 0 Å². The van der Waals surface area contributed by atoms with E-state index in [-0.39, 0.29) is 22.3 Å². The number of hydrogen-bond acceptors (Lipinski definition) is 4. The average molecular weight is 816 g/mol. The molecule has 0 radical (unpaired) electrons. The van der Waals surface area contributed by atoms with Gasteiger partial charge >= 0.3 is 0 Å². The van der Waals surface area contributed by atoms with Gasteiger partial charge in [-0.3, -0.25) is 4.21 Å². The van der Waals surface area contributed by atoms with Crippen LogP contribution < -0.4 is 20.7 Å². The number of benzene rings is 5. The number of aliphatic hydroxyl groups is 1. The Labute approximate surface area is 324 Å². The maximum Gasteiger partial charge on any atom is 0.261 e. The van der Waals surface area contributed by atoms with Crippen LogP contribution in [0.1, 0.15) is 48.0 Å². The molecule has 0 aliphatic heterocycles. The van der Waals surface area contributed by atoms with Crippen LogP contribution in [0, 0.1) is 0 Å². The molecule has 1 unspecified atom stereocenters. The predicted octanol–water partition coefficient (Wildman–Crippen LogP) is 7.83. The lowest BCUT2D eigenvalue weighted by molar-refractivity contribution is 0.0873. The Morgan fingerprint density at radius 3 is 1.31 bits per heavy atom. The quantitative estimate of drug-likeness (QED) is 0.0666. The molecule has 5 aromatic rings. The summed E-state index contributed by atoms with van der Waals surface area (Å²) < 4.78 is 28.8. The van der Waals surface area contributed by atoms with Gasteiger partial charge in [-0.25, -0.2) is 0 Å². The van der Waals surface area contributed by atoms with E-state index in [0.29, 0.717) is 6.61 Å². The summed E-state index contributed by atoms with van der Waals surface area (Å²) in [5.41, 5.74) is 0. The first-order valence-corrected chi connectivity index (χ1v) is 24.1. The lowest BCUT2D eigenvalue weighted by Crippen LogP contribution is -2.68. The van der Waals surface area contributed by atoms with E-state index in [1.807, 2.05) is 54.6 Å². The van der Waals surface area contributed by atoms with Gasteiger partial charge in [0.15, 0.2) is 0 Å². The number of hydrogen-bond donors (Lipinski definition) is 1. The molecule has 52 heavy (non-hydrogen) atoms. The highest BCUT2D eigenvalue weighted by atomic mass is 79.9. The minimum Gasteiger partial charge on any atom is -0.406 e. The van der Waals surface area contributed by atoms with Gasteiger partial charge < -0.3 is 14.0 Å². The van der Waals surface area contributed by atoms with E-state index in [4.69, 9.17) is 8.85 Å². The predicted molar refractivity (Wildman–Crippen MR) is 227 cm³/mol. The SMILES string of the molecule is CC(C)(C)[Si](OC[C@H](Br)[C@H](O)C[C@@H](CS(=[18O])c1ccccc1)O[Si](c1ccccc1)(c1ccccc1)C(C)(C)C)(c1ccccc1)c1ccccc1. The van der Waals surface area contributed by atoms with Crippen molar-refractivity contribution >= 4 is 64.1 Å². The first-order chi connectivity index (χ1) is 24.8. The van der Waals surface area contributed by atoms with Gasteiger partial charge in [0.2, 0.25) is 0 Å². The Morgan fingerprint density at radius 2 is 0.942 bits per heavy atom. The van der Waals surface area contributed by atoms with E-state index in [1.54, 1.807) is 0 Å². The monoisotopic (exact) mass is 814 g/mol. The highest BCUT2D eigenvalue weighted by molar-refractivity contribution is 9.09. The van der Waals surface area contributed by atoms with Crippen LogP contribution in [0.4, 0.5) is 0 Å². The van der Waals surface area contributed by atoms with Gasteiger partial charge in [0.05, 0.1) is 33.6 Å². The zero-order chi connectivity index (χ0) is 37.4. The van der Waals surface area contributed by atoms with Crippen molar-refractivity contribution in [2.24, 2.45) is 0 Å². The maximum absolute atomic E-state index is 14.0. The van der Waals surface area contributed by atoms with Crippen LogP contribution in [0.15, 0.2) is 157 Å². The minimum atomic E-state index is -3.03. The van der Waals surface area contributed by atoms with Crippen molar-refractivity contribution < 1.29 is 18.2 Å². The standard InChI is InChI=1S/C44H53BrO4SSi2/c1-43(2,3)51(37-24-14-8-15-25-37,38-26-16-9-17-27-38)48-33-41(45)42(46)32-35(34-50(47)36-22-12-7-13-23-36)49-52(44(4,5)6,39-28-18-10-19-29-39)40-30-20-11-21-31-40/h7-31,35,41-42,46H,32-34H2,1-6H3/t35-,41-,42+,50?/m0/s1/i47+2.